The van der Waals surface area contributed by atoms with Gasteiger partial charge >= 0.3 is 0 Å². The first-order chi connectivity index (χ1) is 12.0. The van der Waals surface area contributed by atoms with Crippen LogP contribution in [0, 0.1) is 5.92 Å². The standard InChI is InChI=1S/C21H34N2O2/c1-6-9-25-21-11-16-7-8-23-13-17(10-15(2)3)22(4)14-19(23)18(16)12-20(21)24-5/h11-12,15,17,19H,6-10,13-14H2,1-5H3. The van der Waals surface area contributed by atoms with Crippen LogP contribution in [-0.2, 0) is 6.42 Å². The van der Waals surface area contributed by atoms with E-state index in [1.165, 1.54) is 24.1 Å². The molecule has 1 saturated heterocycles. The van der Waals surface area contributed by atoms with Gasteiger partial charge in [-0.1, -0.05) is 20.8 Å². The predicted molar refractivity (Wildman–Crippen MR) is 103 cm³/mol. The van der Waals surface area contributed by atoms with Crippen LogP contribution in [0.15, 0.2) is 12.1 Å². The van der Waals surface area contributed by atoms with Crippen LogP contribution in [0.4, 0.5) is 0 Å². The first kappa shape index (κ1) is 18.5. The summed E-state index contributed by atoms with van der Waals surface area (Å²) >= 11 is 0. The molecule has 0 amide bonds. The highest BCUT2D eigenvalue weighted by atomic mass is 16.5. The van der Waals surface area contributed by atoms with E-state index in [1.807, 2.05) is 0 Å². The van der Waals surface area contributed by atoms with Crippen molar-refractivity contribution in [1.82, 2.24) is 9.80 Å². The number of benzene rings is 1. The van der Waals surface area contributed by atoms with Gasteiger partial charge in [0.2, 0.25) is 0 Å². The maximum absolute atomic E-state index is 5.91. The minimum atomic E-state index is 0.478. The molecular formula is C21H34N2O2. The Balaban J connectivity index is 1.84. The number of fused-ring (bicyclic) bond motifs is 3. The molecule has 0 saturated carbocycles. The van der Waals surface area contributed by atoms with Crippen LogP contribution < -0.4 is 9.47 Å². The van der Waals surface area contributed by atoms with Crippen molar-refractivity contribution in [2.75, 3.05) is 40.4 Å². The van der Waals surface area contributed by atoms with Crippen LogP contribution in [0.3, 0.4) is 0 Å². The van der Waals surface area contributed by atoms with Crippen LogP contribution in [0.1, 0.15) is 50.8 Å². The molecule has 1 fully saturated rings. The zero-order valence-electron chi connectivity index (χ0n) is 16.5. The summed E-state index contributed by atoms with van der Waals surface area (Å²) in [7, 11) is 4.03. The smallest absolute Gasteiger partial charge is 0.161 e. The summed E-state index contributed by atoms with van der Waals surface area (Å²) in [6.45, 7) is 11.0. The normalized spacial score (nSPS) is 24.1. The lowest BCUT2D eigenvalue weighted by molar-refractivity contribution is 0.0294. The fourth-order valence-corrected chi connectivity index (χ4v) is 4.31. The van der Waals surface area contributed by atoms with Gasteiger partial charge in [0.25, 0.3) is 0 Å². The minimum absolute atomic E-state index is 0.478. The molecule has 0 bridgehead atoms. The van der Waals surface area contributed by atoms with Gasteiger partial charge in [-0.3, -0.25) is 4.90 Å². The number of likely N-dealkylation sites (N-methyl/N-ethyl adjacent to an activating group) is 1. The molecular weight excluding hydrogens is 312 g/mol. The van der Waals surface area contributed by atoms with Crippen molar-refractivity contribution in [3.05, 3.63) is 23.3 Å². The van der Waals surface area contributed by atoms with E-state index in [4.69, 9.17) is 9.47 Å². The Morgan fingerprint density at radius 2 is 2.00 bits per heavy atom. The first-order valence-electron chi connectivity index (χ1n) is 9.81. The lowest BCUT2D eigenvalue weighted by atomic mass is 9.88. The van der Waals surface area contributed by atoms with E-state index in [-0.39, 0.29) is 0 Å². The minimum Gasteiger partial charge on any atom is -0.493 e. The largest absolute Gasteiger partial charge is 0.493 e. The Bertz CT molecular complexity index is 588. The third-order valence-electron chi connectivity index (χ3n) is 5.63. The summed E-state index contributed by atoms with van der Waals surface area (Å²) in [5.41, 5.74) is 2.87. The highest BCUT2D eigenvalue weighted by Gasteiger charge is 2.36. The maximum atomic E-state index is 5.91. The average molecular weight is 347 g/mol. The molecule has 140 valence electrons. The van der Waals surface area contributed by atoms with Crippen LogP contribution >= 0.6 is 0 Å². The van der Waals surface area contributed by atoms with E-state index < -0.39 is 0 Å². The molecule has 1 aromatic rings. The summed E-state index contributed by atoms with van der Waals surface area (Å²) < 4.78 is 11.5. The van der Waals surface area contributed by atoms with Crippen molar-refractivity contribution < 1.29 is 9.47 Å². The van der Waals surface area contributed by atoms with E-state index in [2.05, 4.69) is 49.8 Å². The monoisotopic (exact) mass is 346 g/mol. The number of nitrogens with zero attached hydrogens (tertiary/aromatic N) is 2. The number of hydrogen-bond acceptors (Lipinski definition) is 4. The molecule has 4 heteroatoms. The number of methoxy groups -OCH3 is 1. The van der Waals surface area contributed by atoms with Crippen molar-refractivity contribution >= 4 is 0 Å². The van der Waals surface area contributed by atoms with Crippen LogP contribution in [0.25, 0.3) is 0 Å². The molecule has 0 spiro atoms. The third-order valence-corrected chi connectivity index (χ3v) is 5.63. The second-order valence-corrected chi connectivity index (χ2v) is 8.03. The fraction of sp³-hybridized carbons (Fsp3) is 0.714. The van der Waals surface area contributed by atoms with Crippen molar-refractivity contribution in [1.29, 1.82) is 0 Å². The van der Waals surface area contributed by atoms with Gasteiger partial charge in [0, 0.05) is 31.7 Å². The van der Waals surface area contributed by atoms with Gasteiger partial charge in [-0.15, -0.1) is 0 Å². The molecule has 25 heavy (non-hydrogen) atoms. The maximum Gasteiger partial charge on any atom is 0.161 e. The van der Waals surface area contributed by atoms with E-state index in [0.29, 0.717) is 12.1 Å². The van der Waals surface area contributed by atoms with Gasteiger partial charge in [-0.25, -0.2) is 0 Å². The average Bonchev–Trinajstić information content (AvgIpc) is 2.59. The predicted octanol–water partition coefficient (Wildman–Crippen LogP) is 3.74. The van der Waals surface area contributed by atoms with E-state index in [9.17, 15) is 0 Å². The molecule has 4 nitrogen and oxygen atoms in total. The number of ether oxygens (including phenoxy) is 2. The molecule has 0 radical (unpaired) electrons. The van der Waals surface area contributed by atoms with Gasteiger partial charge in [-0.2, -0.15) is 0 Å². The Labute approximate surface area is 153 Å². The van der Waals surface area contributed by atoms with Gasteiger partial charge in [0.1, 0.15) is 0 Å². The second-order valence-electron chi connectivity index (χ2n) is 8.03. The molecule has 0 aliphatic carbocycles. The highest BCUT2D eigenvalue weighted by molar-refractivity contribution is 5.49. The zero-order chi connectivity index (χ0) is 18.0. The van der Waals surface area contributed by atoms with Crippen molar-refractivity contribution in [2.24, 2.45) is 5.92 Å². The molecule has 1 aromatic carbocycles. The first-order valence-corrected chi connectivity index (χ1v) is 9.81. The number of rotatable bonds is 6. The summed E-state index contributed by atoms with van der Waals surface area (Å²) in [5.74, 6) is 2.53. The second kappa shape index (κ2) is 7.96. The topological polar surface area (TPSA) is 24.9 Å². The van der Waals surface area contributed by atoms with Gasteiger partial charge in [-0.05, 0) is 55.5 Å². The van der Waals surface area contributed by atoms with Crippen LogP contribution in [-0.4, -0.2) is 56.2 Å². The highest BCUT2D eigenvalue weighted by Crippen LogP contribution is 2.40. The Morgan fingerprint density at radius 3 is 2.68 bits per heavy atom. The number of piperazine rings is 1. The molecule has 2 atom stereocenters. The van der Waals surface area contributed by atoms with Crippen LogP contribution in [0.5, 0.6) is 11.5 Å². The van der Waals surface area contributed by atoms with Gasteiger partial charge in [0.15, 0.2) is 11.5 Å². The molecule has 0 aromatic heterocycles. The SMILES string of the molecule is CCCOc1cc2c(cc1OC)C1CN(C)C(CC(C)C)CN1CC2. The van der Waals surface area contributed by atoms with Crippen molar-refractivity contribution in [3.8, 4) is 11.5 Å². The lowest BCUT2D eigenvalue weighted by Gasteiger charge is -2.48. The van der Waals surface area contributed by atoms with E-state index >= 15 is 0 Å². The Kier molecular flexibility index (Phi) is 5.90. The third kappa shape index (κ3) is 3.95. The number of hydrogen-bond donors (Lipinski definition) is 0. The van der Waals surface area contributed by atoms with Crippen LogP contribution in [0.2, 0.25) is 0 Å². The molecule has 2 aliphatic heterocycles. The zero-order valence-corrected chi connectivity index (χ0v) is 16.5. The van der Waals surface area contributed by atoms with Crippen molar-refractivity contribution in [3.63, 3.8) is 0 Å². The lowest BCUT2D eigenvalue weighted by Crippen LogP contribution is -2.55. The van der Waals surface area contributed by atoms with E-state index in [1.54, 1.807) is 7.11 Å². The Morgan fingerprint density at radius 1 is 1.20 bits per heavy atom. The van der Waals surface area contributed by atoms with Gasteiger partial charge < -0.3 is 14.4 Å². The fourth-order valence-electron chi connectivity index (χ4n) is 4.31. The molecule has 2 aliphatic rings. The molecule has 2 heterocycles. The summed E-state index contributed by atoms with van der Waals surface area (Å²) in [4.78, 5) is 5.24. The summed E-state index contributed by atoms with van der Waals surface area (Å²) in [6.07, 6.45) is 3.40. The Hall–Kier alpha value is -1.26. The quantitative estimate of drug-likeness (QED) is 0.783. The van der Waals surface area contributed by atoms with Gasteiger partial charge in [0.05, 0.1) is 13.7 Å². The van der Waals surface area contributed by atoms with E-state index in [0.717, 1.165) is 50.0 Å². The summed E-state index contributed by atoms with van der Waals surface area (Å²) in [5, 5.41) is 0. The summed E-state index contributed by atoms with van der Waals surface area (Å²) in [6, 6.07) is 5.60. The molecule has 0 N–H and O–H groups in total. The van der Waals surface area contributed by atoms with Crippen molar-refractivity contribution in [2.45, 2.75) is 52.1 Å². The molecule has 3 rings (SSSR count). The molecule has 2 unspecified atom stereocenters.